The lowest BCUT2D eigenvalue weighted by Gasteiger charge is -2.05. The first-order chi connectivity index (χ1) is 9.29. The van der Waals surface area contributed by atoms with Crippen molar-refractivity contribution >= 4 is 32.4 Å². The van der Waals surface area contributed by atoms with E-state index in [1.165, 1.54) is 12.1 Å². The molecular weight excluding hydrogens is 298 g/mol. The Balaban J connectivity index is 2.31. The second-order valence-electron chi connectivity index (χ2n) is 4.22. The molecular formula is C12H13N3O3S2. The number of aryl methyl sites for hydroxylation is 2. The van der Waals surface area contributed by atoms with Crippen LogP contribution in [0, 0.1) is 13.8 Å². The lowest BCUT2D eigenvalue weighted by atomic mass is 10.2. The summed E-state index contributed by atoms with van der Waals surface area (Å²) in [5, 5.41) is 0.122. The summed E-state index contributed by atoms with van der Waals surface area (Å²) in [5.74, 6) is -0.624. The largest absolute Gasteiger partial charge is 0.365 e. The lowest BCUT2D eigenvalue weighted by Crippen LogP contribution is -2.12. The third-order valence-corrected chi connectivity index (χ3v) is 5.14. The van der Waals surface area contributed by atoms with Gasteiger partial charge in [0.25, 0.3) is 15.9 Å². The third-order valence-electron chi connectivity index (χ3n) is 2.57. The summed E-state index contributed by atoms with van der Waals surface area (Å²) in [5.41, 5.74) is 6.54. The van der Waals surface area contributed by atoms with Crippen molar-refractivity contribution in [1.29, 1.82) is 0 Å². The van der Waals surface area contributed by atoms with Crippen LogP contribution in [0.2, 0.25) is 0 Å². The van der Waals surface area contributed by atoms with Crippen molar-refractivity contribution in [3.63, 3.8) is 0 Å². The Labute approximate surface area is 120 Å². The summed E-state index contributed by atoms with van der Waals surface area (Å²) in [6.45, 7) is 3.47. The van der Waals surface area contributed by atoms with E-state index in [4.69, 9.17) is 5.73 Å². The van der Waals surface area contributed by atoms with Gasteiger partial charge >= 0.3 is 0 Å². The molecule has 0 bridgehead atoms. The zero-order chi connectivity index (χ0) is 14.9. The van der Waals surface area contributed by atoms with Gasteiger partial charge in [0.2, 0.25) is 0 Å². The molecule has 0 saturated heterocycles. The highest BCUT2D eigenvalue weighted by molar-refractivity contribution is 7.93. The second-order valence-corrected chi connectivity index (χ2v) is 6.90. The summed E-state index contributed by atoms with van der Waals surface area (Å²) >= 11 is 0.916. The zero-order valence-corrected chi connectivity index (χ0v) is 12.5. The van der Waals surface area contributed by atoms with E-state index in [-0.39, 0.29) is 14.9 Å². The number of carbonyl (C=O) groups is 1. The SMILES string of the molecule is Cc1ccc(S(=O)(=O)Nc2nc(C)c(C(N)=O)s2)cc1. The highest BCUT2D eigenvalue weighted by Crippen LogP contribution is 2.24. The van der Waals surface area contributed by atoms with E-state index in [1.54, 1.807) is 19.1 Å². The van der Waals surface area contributed by atoms with Crippen LogP contribution in [0.3, 0.4) is 0 Å². The molecule has 1 aromatic heterocycles. The molecule has 6 nitrogen and oxygen atoms in total. The van der Waals surface area contributed by atoms with Crippen LogP contribution in [0.15, 0.2) is 29.2 Å². The van der Waals surface area contributed by atoms with Crippen LogP contribution >= 0.6 is 11.3 Å². The minimum Gasteiger partial charge on any atom is -0.365 e. The molecule has 0 radical (unpaired) electrons. The van der Waals surface area contributed by atoms with Crippen molar-refractivity contribution < 1.29 is 13.2 Å². The molecule has 1 heterocycles. The standard InChI is InChI=1S/C12H13N3O3S2/c1-7-3-5-9(6-4-7)20(17,18)15-12-14-8(2)10(19-12)11(13)16/h3-6H,1-2H3,(H2,13,16)(H,14,15). The van der Waals surface area contributed by atoms with Gasteiger partial charge < -0.3 is 5.73 Å². The number of sulfonamides is 1. The Morgan fingerprint density at radius 3 is 2.35 bits per heavy atom. The Bertz CT molecular complexity index is 749. The van der Waals surface area contributed by atoms with Gasteiger partial charge in [0.15, 0.2) is 5.13 Å². The normalized spacial score (nSPS) is 11.3. The maximum atomic E-state index is 12.1. The molecule has 0 unspecified atom stereocenters. The van der Waals surface area contributed by atoms with Crippen molar-refractivity contribution in [2.45, 2.75) is 18.7 Å². The minimum absolute atomic E-state index is 0.122. The number of anilines is 1. The Kier molecular flexibility index (Phi) is 3.78. The van der Waals surface area contributed by atoms with E-state index in [1.807, 2.05) is 6.92 Å². The molecule has 3 N–H and O–H groups in total. The quantitative estimate of drug-likeness (QED) is 0.896. The molecule has 0 atom stereocenters. The van der Waals surface area contributed by atoms with Gasteiger partial charge in [-0.3, -0.25) is 9.52 Å². The molecule has 8 heteroatoms. The smallest absolute Gasteiger partial charge is 0.263 e. The Hall–Kier alpha value is -1.93. The topological polar surface area (TPSA) is 102 Å². The first kappa shape index (κ1) is 14.5. The lowest BCUT2D eigenvalue weighted by molar-refractivity contribution is 0.100. The Morgan fingerprint density at radius 2 is 1.85 bits per heavy atom. The molecule has 1 aromatic carbocycles. The number of thiazole rings is 1. The predicted molar refractivity (Wildman–Crippen MR) is 77.4 cm³/mol. The van der Waals surface area contributed by atoms with Crippen molar-refractivity contribution in [3.05, 3.63) is 40.4 Å². The number of benzene rings is 1. The monoisotopic (exact) mass is 311 g/mol. The number of carbonyl (C=O) groups excluding carboxylic acids is 1. The van der Waals surface area contributed by atoms with Gasteiger partial charge in [-0.15, -0.1) is 0 Å². The van der Waals surface area contributed by atoms with Crippen LogP contribution in [0.4, 0.5) is 5.13 Å². The highest BCUT2D eigenvalue weighted by atomic mass is 32.2. The first-order valence-electron chi connectivity index (χ1n) is 5.66. The van der Waals surface area contributed by atoms with Gasteiger partial charge in [0.05, 0.1) is 10.6 Å². The van der Waals surface area contributed by atoms with E-state index < -0.39 is 15.9 Å². The summed E-state index contributed by atoms with van der Waals surface area (Å²) in [6.07, 6.45) is 0. The number of nitrogens with zero attached hydrogens (tertiary/aromatic N) is 1. The van der Waals surface area contributed by atoms with Crippen LogP contribution in [-0.4, -0.2) is 19.3 Å². The van der Waals surface area contributed by atoms with E-state index >= 15 is 0 Å². The van der Waals surface area contributed by atoms with Gasteiger partial charge in [-0.2, -0.15) is 0 Å². The van der Waals surface area contributed by atoms with Gasteiger partial charge in [-0.05, 0) is 26.0 Å². The van der Waals surface area contributed by atoms with Crippen LogP contribution in [0.1, 0.15) is 20.9 Å². The van der Waals surface area contributed by atoms with Gasteiger partial charge in [-0.25, -0.2) is 13.4 Å². The molecule has 0 fully saturated rings. The summed E-state index contributed by atoms with van der Waals surface area (Å²) in [6, 6.07) is 6.42. The summed E-state index contributed by atoms with van der Waals surface area (Å²) < 4.78 is 26.6. The number of amides is 1. The molecule has 0 aliphatic rings. The highest BCUT2D eigenvalue weighted by Gasteiger charge is 2.18. The van der Waals surface area contributed by atoms with Crippen molar-refractivity contribution in [1.82, 2.24) is 4.98 Å². The van der Waals surface area contributed by atoms with Crippen LogP contribution in [0.5, 0.6) is 0 Å². The maximum Gasteiger partial charge on any atom is 0.263 e. The van der Waals surface area contributed by atoms with Crippen LogP contribution in [0.25, 0.3) is 0 Å². The van der Waals surface area contributed by atoms with E-state index in [0.29, 0.717) is 5.69 Å². The molecule has 0 saturated carbocycles. The molecule has 0 spiro atoms. The summed E-state index contributed by atoms with van der Waals surface area (Å²) in [4.78, 5) is 15.5. The van der Waals surface area contributed by atoms with E-state index in [0.717, 1.165) is 16.9 Å². The average Bonchev–Trinajstić information content (AvgIpc) is 2.70. The van der Waals surface area contributed by atoms with E-state index in [2.05, 4.69) is 9.71 Å². The van der Waals surface area contributed by atoms with Crippen LogP contribution < -0.4 is 10.5 Å². The molecule has 20 heavy (non-hydrogen) atoms. The molecule has 1 amide bonds. The van der Waals surface area contributed by atoms with Crippen LogP contribution in [-0.2, 0) is 10.0 Å². The maximum absolute atomic E-state index is 12.1. The molecule has 2 rings (SSSR count). The average molecular weight is 311 g/mol. The number of nitrogens with two attached hydrogens (primary N) is 1. The number of aromatic nitrogens is 1. The fourth-order valence-electron chi connectivity index (χ4n) is 1.56. The van der Waals surface area contributed by atoms with Gasteiger partial charge in [0.1, 0.15) is 4.88 Å². The van der Waals surface area contributed by atoms with E-state index in [9.17, 15) is 13.2 Å². The van der Waals surface area contributed by atoms with Crippen molar-refractivity contribution in [3.8, 4) is 0 Å². The fraction of sp³-hybridized carbons (Fsp3) is 0.167. The Morgan fingerprint density at radius 1 is 1.25 bits per heavy atom. The second kappa shape index (κ2) is 5.22. The molecule has 0 aliphatic carbocycles. The third kappa shape index (κ3) is 2.97. The van der Waals surface area contributed by atoms with Gasteiger partial charge in [0, 0.05) is 0 Å². The number of nitrogens with one attached hydrogen (secondary N) is 1. The number of rotatable bonds is 4. The van der Waals surface area contributed by atoms with Crippen molar-refractivity contribution in [2.24, 2.45) is 5.73 Å². The summed E-state index contributed by atoms with van der Waals surface area (Å²) in [7, 11) is -3.71. The predicted octanol–water partition coefficient (Wildman–Crippen LogP) is 1.66. The number of hydrogen-bond donors (Lipinski definition) is 2. The fourth-order valence-corrected chi connectivity index (χ4v) is 3.61. The zero-order valence-electron chi connectivity index (χ0n) is 10.9. The molecule has 106 valence electrons. The van der Waals surface area contributed by atoms with Crippen molar-refractivity contribution in [2.75, 3.05) is 4.72 Å². The number of hydrogen-bond acceptors (Lipinski definition) is 5. The number of primary amides is 1. The minimum atomic E-state index is -3.71. The first-order valence-corrected chi connectivity index (χ1v) is 7.96. The molecule has 0 aliphatic heterocycles. The molecule has 2 aromatic rings. The van der Waals surface area contributed by atoms with Gasteiger partial charge in [-0.1, -0.05) is 29.0 Å².